The molecule has 1 aromatic heterocycles. The Balaban J connectivity index is 1.95. The average Bonchev–Trinajstić information content (AvgIpc) is 2.80. The largest absolute Gasteiger partial charge is 0.493 e. The number of rotatable bonds is 3. The molecule has 0 spiro atoms. The highest BCUT2D eigenvalue weighted by Crippen LogP contribution is 2.35. The van der Waals surface area contributed by atoms with Gasteiger partial charge in [0.05, 0.1) is 16.1 Å². The number of aromatic nitrogens is 1. The van der Waals surface area contributed by atoms with Gasteiger partial charge in [-0.3, -0.25) is 0 Å². The molecule has 0 unspecified atom stereocenters. The fourth-order valence-corrected chi connectivity index (χ4v) is 3.72. The third-order valence-electron chi connectivity index (χ3n) is 3.15. The van der Waals surface area contributed by atoms with Gasteiger partial charge in [-0.2, -0.15) is 0 Å². The minimum absolute atomic E-state index is 0.783. The van der Waals surface area contributed by atoms with E-state index in [9.17, 15) is 0 Å². The monoisotopic (exact) mass is 338 g/mol. The van der Waals surface area contributed by atoms with Crippen LogP contribution < -0.4 is 10.1 Å². The van der Waals surface area contributed by atoms with Crippen molar-refractivity contribution in [2.45, 2.75) is 19.4 Å². The smallest absolute Gasteiger partial charge is 0.124 e. The highest BCUT2D eigenvalue weighted by Gasteiger charge is 2.14. The molecule has 2 heterocycles. The zero-order chi connectivity index (χ0) is 13.2. The van der Waals surface area contributed by atoms with Gasteiger partial charge in [0.1, 0.15) is 10.8 Å². The Morgan fingerprint density at radius 3 is 3.21 bits per heavy atom. The van der Waals surface area contributed by atoms with Crippen molar-refractivity contribution in [3.05, 3.63) is 33.2 Å². The number of hydrogen-bond acceptors (Lipinski definition) is 4. The number of aryl methyl sites for hydroxylation is 1. The number of nitrogens with zero attached hydrogens (tertiary/aromatic N) is 1. The van der Waals surface area contributed by atoms with E-state index in [4.69, 9.17) is 4.74 Å². The van der Waals surface area contributed by atoms with E-state index >= 15 is 0 Å². The molecular formula is C14H15BrN2OS. The van der Waals surface area contributed by atoms with E-state index in [1.807, 2.05) is 7.05 Å². The summed E-state index contributed by atoms with van der Waals surface area (Å²) in [5.74, 6) is 1.03. The molecule has 100 valence electrons. The van der Waals surface area contributed by atoms with Gasteiger partial charge in [0.25, 0.3) is 0 Å². The Morgan fingerprint density at radius 1 is 1.47 bits per heavy atom. The van der Waals surface area contributed by atoms with E-state index in [1.54, 1.807) is 11.3 Å². The van der Waals surface area contributed by atoms with Gasteiger partial charge in [0, 0.05) is 12.1 Å². The number of halogens is 1. The molecule has 1 aliphatic rings. The highest BCUT2D eigenvalue weighted by molar-refractivity contribution is 9.11. The van der Waals surface area contributed by atoms with Crippen molar-refractivity contribution >= 4 is 27.3 Å². The first-order valence-electron chi connectivity index (χ1n) is 6.34. The van der Waals surface area contributed by atoms with Gasteiger partial charge in [-0.25, -0.2) is 4.98 Å². The summed E-state index contributed by atoms with van der Waals surface area (Å²) in [5, 5.41) is 4.19. The summed E-state index contributed by atoms with van der Waals surface area (Å²) in [5.41, 5.74) is 3.54. The molecular weight excluding hydrogens is 324 g/mol. The molecule has 0 bridgehead atoms. The zero-order valence-electron chi connectivity index (χ0n) is 10.7. The Hall–Kier alpha value is -0.910. The molecule has 1 aliphatic heterocycles. The summed E-state index contributed by atoms with van der Waals surface area (Å²) in [4.78, 5) is 4.69. The molecule has 0 fully saturated rings. The normalized spacial score (nSPS) is 14.0. The zero-order valence-corrected chi connectivity index (χ0v) is 13.1. The first-order chi connectivity index (χ1) is 9.28. The fraction of sp³-hybridized carbons (Fsp3) is 0.357. The maximum Gasteiger partial charge on any atom is 0.124 e. The van der Waals surface area contributed by atoms with Crippen LogP contribution in [-0.2, 0) is 13.0 Å². The Kier molecular flexibility index (Phi) is 3.86. The lowest BCUT2D eigenvalue weighted by Crippen LogP contribution is -2.08. The second-order valence-electron chi connectivity index (χ2n) is 4.54. The number of nitrogens with one attached hydrogen (secondary N) is 1. The Bertz CT molecular complexity index is 597. The van der Waals surface area contributed by atoms with Gasteiger partial charge in [-0.05, 0) is 59.6 Å². The van der Waals surface area contributed by atoms with Gasteiger partial charge in [-0.15, -0.1) is 11.3 Å². The van der Waals surface area contributed by atoms with Crippen molar-refractivity contribution < 1.29 is 4.74 Å². The fourth-order valence-electron chi connectivity index (χ4n) is 2.23. The quantitative estimate of drug-likeness (QED) is 0.928. The van der Waals surface area contributed by atoms with Crippen LogP contribution in [0.5, 0.6) is 5.75 Å². The van der Waals surface area contributed by atoms with Gasteiger partial charge < -0.3 is 10.1 Å². The molecule has 19 heavy (non-hydrogen) atoms. The van der Waals surface area contributed by atoms with Crippen molar-refractivity contribution in [1.82, 2.24) is 10.3 Å². The minimum Gasteiger partial charge on any atom is -0.493 e. The number of benzene rings is 1. The molecule has 0 amide bonds. The van der Waals surface area contributed by atoms with Crippen LogP contribution in [0.1, 0.15) is 17.7 Å². The average molecular weight is 339 g/mol. The van der Waals surface area contributed by atoms with Crippen molar-refractivity contribution in [2.24, 2.45) is 0 Å². The third kappa shape index (κ3) is 2.68. The number of fused-ring (bicyclic) bond motifs is 1. The predicted octanol–water partition coefficient (Wildman–Crippen LogP) is 3.62. The van der Waals surface area contributed by atoms with E-state index in [-0.39, 0.29) is 0 Å². The van der Waals surface area contributed by atoms with Crippen molar-refractivity contribution in [2.75, 3.05) is 13.7 Å². The van der Waals surface area contributed by atoms with Gasteiger partial charge >= 0.3 is 0 Å². The molecule has 0 atom stereocenters. The van der Waals surface area contributed by atoms with Crippen molar-refractivity contribution in [3.8, 4) is 16.3 Å². The van der Waals surface area contributed by atoms with E-state index in [1.165, 1.54) is 11.1 Å². The molecule has 0 aliphatic carbocycles. The summed E-state index contributed by atoms with van der Waals surface area (Å²) < 4.78 is 6.75. The second kappa shape index (κ2) is 5.61. The maximum atomic E-state index is 5.65. The van der Waals surface area contributed by atoms with Crippen LogP contribution in [0.3, 0.4) is 0 Å². The number of hydrogen-bond donors (Lipinski definition) is 1. The van der Waals surface area contributed by atoms with Crippen LogP contribution in [0.4, 0.5) is 0 Å². The first-order valence-corrected chi connectivity index (χ1v) is 7.95. The summed E-state index contributed by atoms with van der Waals surface area (Å²) >= 11 is 5.26. The second-order valence-corrected chi connectivity index (χ2v) is 6.86. The summed E-state index contributed by atoms with van der Waals surface area (Å²) in [6.45, 7) is 1.62. The molecule has 0 saturated heterocycles. The highest BCUT2D eigenvalue weighted by atomic mass is 79.9. The minimum atomic E-state index is 0.783. The summed E-state index contributed by atoms with van der Waals surface area (Å²) in [6, 6.07) is 6.37. The lowest BCUT2D eigenvalue weighted by atomic mass is 10.0. The first kappa shape index (κ1) is 13.1. The predicted molar refractivity (Wildman–Crippen MR) is 81.8 cm³/mol. The van der Waals surface area contributed by atoms with Gasteiger partial charge in [0.15, 0.2) is 0 Å². The topological polar surface area (TPSA) is 34.2 Å². The maximum absolute atomic E-state index is 5.65. The molecule has 5 heteroatoms. The summed E-state index contributed by atoms with van der Waals surface area (Å²) in [7, 11) is 1.93. The lowest BCUT2D eigenvalue weighted by molar-refractivity contribution is 0.288. The van der Waals surface area contributed by atoms with Crippen LogP contribution in [-0.4, -0.2) is 18.6 Å². The SMILES string of the molecule is CNCc1nc(-c2ccc3c(c2)CCCO3)sc1Br. The van der Waals surface area contributed by atoms with Gasteiger partial charge in [0.2, 0.25) is 0 Å². The van der Waals surface area contributed by atoms with Gasteiger partial charge in [-0.1, -0.05) is 0 Å². The van der Waals surface area contributed by atoms with Crippen LogP contribution >= 0.6 is 27.3 Å². The molecule has 3 nitrogen and oxygen atoms in total. The lowest BCUT2D eigenvalue weighted by Gasteiger charge is -2.17. The molecule has 0 radical (unpaired) electrons. The molecule has 2 aromatic rings. The van der Waals surface area contributed by atoms with Crippen LogP contribution in [0.15, 0.2) is 22.0 Å². The van der Waals surface area contributed by atoms with Crippen LogP contribution in [0, 0.1) is 0 Å². The molecule has 0 saturated carbocycles. The van der Waals surface area contributed by atoms with Crippen molar-refractivity contribution in [1.29, 1.82) is 0 Å². The number of thiazole rings is 1. The Morgan fingerprint density at radius 2 is 2.37 bits per heavy atom. The molecule has 3 rings (SSSR count). The van der Waals surface area contributed by atoms with Crippen LogP contribution in [0.25, 0.3) is 10.6 Å². The van der Waals surface area contributed by atoms with Crippen LogP contribution in [0.2, 0.25) is 0 Å². The van der Waals surface area contributed by atoms with E-state index < -0.39 is 0 Å². The molecule has 1 N–H and O–H groups in total. The van der Waals surface area contributed by atoms with E-state index in [0.717, 1.165) is 46.2 Å². The van der Waals surface area contributed by atoms with E-state index in [2.05, 4.69) is 44.4 Å². The molecule has 1 aromatic carbocycles. The van der Waals surface area contributed by atoms with E-state index in [0.29, 0.717) is 0 Å². The standard InChI is InChI=1S/C14H15BrN2OS/c1-16-8-11-13(15)19-14(17-11)10-4-5-12-9(7-10)3-2-6-18-12/h4-5,7,16H,2-3,6,8H2,1H3. The number of ether oxygens (including phenoxy) is 1. The Labute approximate surface area is 125 Å². The summed E-state index contributed by atoms with van der Waals surface area (Å²) in [6.07, 6.45) is 2.20. The third-order valence-corrected chi connectivity index (χ3v) is 5.03. The van der Waals surface area contributed by atoms with Crippen molar-refractivity contribution in [3.63, 3.8) is 0 Å².